The van der Waals surface area contributed by atoms with Crippen LogP contribution in [0.4, 0.5) is 0 Å². The molecule has 3 rings (SSSR count). The van der Waals surface area contributed by atoms with Crippen molar-refractivity contribution in [2.75, 3.05) is 21.3 Å². The van der Waals surface area contributed by atoms with Gasteiger partial charge in [-0.15, -0.1) is 0 Å². The minimum Gasteiger partial charge on any atom is -0.497 e. The highest BCUT2D eigenvalue weighted by molar-refractivity contribution is 6.06. The Morgan fingerprint density at radius 2 is 1.42 bits per heavy atom. The zero-order valence-electron chi connectivity index (χ0n) is 19.2. The highest BCUT2D eigenvalue weighted by Gasteiger charge is 2.30. The Morgan fingerprint density at radius 1 is 0.788 bits per heavy atom. The number of pyridine rings is 1. The average molecular weight is 450 g/mol. The summed E-state index contributed by atoms with van der Waals surface area (Å²) in [6.45, 7) is 1.95. The van der Waals surface area contributed by atoms with Crippen molar-refractivity contribution in [3.05, 3.63) is 88.2 Å². The van der Waals surface area contributed by atoms with E-state index in [1.165, 1.54) is 14.2 Å². The van der Waals surface area contributed by atoms with Crippen LogP contribution in [0.2, 0.25) is 0 Å². The number of aromatic nitrogens is 1. The van der Waals surface area contributed by atoms with Crippen LogP contribution < -0.4 is 9.47 Å². The first-order chi connectivity index (χ1) is 16.0. The third-order valence-electron chi connectivity index (χ3n) is 5.21. The van der Waals surface area contributed by atoms with E-state index in [4.69, 9.17) is 18.9 Å². The molecule has 7 heteroatoms. The second kappa shape index (κ2) is 11.1. The third-order valence-corrected chi connectivity index (χ3v) is 5.21. The standard InChI is InChI=1S/C26H27NO6/c1-17-24(33-16-19-8-6-5-7-9-19)23(26(29)32-4)22(25(28)31-3)21(27-17)15-12-18-10-13-20(30-2)14-11-18/h5-11,13-14H,12,15-16H2,1-4H3. The summed E-state index contributed by atoms with van der Waals surface area (Å²) in [5.74, 6) is -0.387. The minimum atomic E-state index is -0.686. The van der Waals surface area contributed by atoms with Crippen LogP contribution in [0, 0.1) is 6.92 Å². The first kappa shape index (κ1) is 23.8. The van der Waals surface area contributed by atoms with E-state index in [-0.39, 0.29) is 23.5 Å². The molecule has 2 aromatic carbocycles. The van der Waals surface area contributed by atoms with Gasteiger partial charge in [-0.05, 0) is 43.0 Å². The van der Waals surface area contributed by atoms with Crippen LogP contribution in [0.3, 0.4) is 0 Å². The lowest BCUT2D eigenvalue weighted by Crippen LogP contribution is -2.19. The molecule has 0 bridgehead atoms. The first-order valence-corrected chi connectivity index (χ1v) is 10.5. The van der Waals surface area contributed by atoms with Crippen molar-refractivity contribution in [3.8, 4) is 11.5 Å². The number of esters is 2. The van der Waals surface area contributed by atoms with Gasteiger partial charge in [0.2, 0.25) is 0 Å². The number of carbonyl (C=O) groups excluding carboxylic acids is 2. The van der Waals surface area contributed by atoms with E-state index in [9.17, 15) is 9.59 Å². The summed E-state index contributed by atoms with van der Waals surface area (Å²) in [4.78, 5) is 30.2. The molecule has 1 aromatic heterocycles. The second-order valence-electron chi connectivity index (χ2n) is 7.33. The van der Waals surface area contributed by atoms with Gasteiger partial charge in [0, 0.05) is 0 Å². The molecule has 1 heterocycles. The Bertz CT molecular complexity index is 1110. The normalized spacial score (nSPS) is 10.4. The number of methoxy groups -OCH3 is 3. The van der Waals surface area contributed by atoms with Crippen LogP contribution in [0.25, 0.3) is 0 Å². The first-order valence-electron chi connectivity index (χ1n) is 10.5. The van der Waals surface area contributed by atoms with E-state index < -0.39 is 11.9 Å². The maximum Gasteiger partial charge on any atom is 0.342 e. The van der Waals surface area contributed by atoms with Crippen LogP contribution in [0.15, 0.2) is 54.6 Å². The predicted molar refractivity (Wildman–Crippen MR) is 123 cm³/mol. The molecule has 7 nitrogen and oxygen atoms in total. The molecule has 0 radical (unpaired) electrons. The zero-order chi connectivity index (χ0) is 23.8. The Balaban J connectivity index is 2.00. The SMILES string of the molecule is COC(=O)c1c(CCc2ccc(OC)cc2)nc(C)c(OCc2ccccc2)c1C(=O)OC. The fourth-order valence-electron chi connectivity index (χ4n) is 3.51. The topological polar surface area (TPSA) is 84.0 Å². The molecule has 0 saturated heterocycles. The summed E-state index contributed by atoms with van der Waals surface area (Å²) in [5.41, 5.74) is 2.97. The summed E-state index contributed by atoms with van der Waals surface area (Å²) < 4.78 is 21.2. The van der Waals surface area contributed by atoms with Crippen molar-refractivity contribution in [2.45, 2.75) is 26.4 Å². The van der Waals surface area contributed by atoms with Crippen molar-refractivity contribution in [2.24, 2.45) is 0 Å². The Labute approximate surface area is 193 Å². The van der Waals surface area contributed by atoms with Crippen LogP contribution in [-0.2, 0) is 28.9 Å². The van der Waals surface area contributed by atoms with E-state index in [0.29, 0.717) is 24.2 Å². The highest BCUT2D eigenvalue weighted by Crippen LogP contribution is 2.31. The number of nitrogens with zero attached hydrogens (tertiary/aromatic N) is 1. The molecule has 0 atom stereocenters. The molecule has 0 unspecified atom stereocenters. The minimum absolute atomic E-state index is 0.0255. The lowest BCUT2D eigenvalue weighted by molar-refractivity contribution is 0.0548. The lowest BCUT2D eigenvalue weighted by atomic mass is 9.98. The quantitative estimate of drug-likeness (QED) is 0.450. The number of hydrogen-bond acceptors (Lipinski definition) is 7. The molecule has 0 aliphatic carbocycles. The largest absolute Gasteiger partial charge is 0.497 e. The van der Waals surface area contributed by atoms with Gasteiger partial charge in [-0.3, -0.25) is 4.98 Å². The predicted octanol–water partition coefficient (Wildman–Crippen LogP) is 4.34. The number of carbonyl (C=O) groups is 2. The lowest BCUT2D eigenvalue weighted by Gasteiger charge is -2.18. The summed E-state index contributed by atoms with van der Waals surface area (Å²) in [5, 5.41) is 0. The molecule has 33 heavy (non-hydrogen) atoms. The zero-order valence-corrected chi connectivity index (χ0v) is 19.2. The fourth-order valence-corrected chi connectivity index (χ4v) is 3.51. The Hall–Kier alpha value is -3.87. The van der Waals surface area contributed by atoms with Crippen molar-refractivity contribution in [1.82, 2.24) is 4.98 Å². The van der Waals surface area contributed by atoms with Crippen molar-refractivity contribution >= 4 is 11.9 Å². The van der Waals surface area contributed by atoms with Gasteiger partial charge in [0.25, 0.3) is 0 Å². The summed E-state index contributed by atoms with van der Waals surface area (Å²) in [6, 6.07) is 17.1. The number of ether oxygens (including phenoxy) is 4. The summed E-state index contributed by atoms with van der Waals surface area (Å²) >= 11 is 0. The Kier molecular flexibility index (Phi) is 8.02. The summed E-state index contributed by atoms with van der Waals surface area (Å²) in [6.07, 6.45) is 1.02. The van der Waals surface area contributed by atoms with Gasteiger partial charge in [0.15, 0.2) is 5.75 Å². The molecular formula is C26H27NO6. The fraction of sp³-hybridized carbons (Fsp3) is 0.269. The second-order valence-corrected chi connectivity index (χ2v) is 7.33. The monoisotopic (exact) mass is 449 g/mol. The van der Waals surface area contributed by atoms with Gasteiger partial charge >= 0.3 is 11.9 Å². The molecule has 0 N–H and O–H groups in total. The molecule has 0 amide bonds. The van der Waals surface area contributed by atoms with Crippen molar-refractivity contribution < 1.29 is 28.5 Å². The van der Waals surface area contributed by atoms with Gasteiger partial charge in [0.05, 0.1) is 38.3 Å². The molecule has 0 aliphatic heterocycles. The van der Waals surface area contributed by atoms with Gasteiger partial charge in [0.1, 0.15) is 17.9 Å². The molecule has 172 valence electrons. The molecular weight excluding hydrogens is 422 g/mol. The molecule has 0 saturated carbocycles. The summed E-state index contributed by atoms with van der Waals surface area (Å²) in [7, 11) is 4.14. The van der Waals surface area contributed by atoms with Crippen LogP contribution >= 0.6 is 0 Å². The molecule has 3 aromatic rings. The smallest absolute Gasteiger partial charge is 0.342 e. The average Bonchev–Trinajstić information content (AvgIpc) is 2.86. The van der Waals surface area contributed by atoms with E-state index in [1.54, 1.807) is 14.0 Å². The maximum atomic E-state index is 12.8. The van der Waals surface area contributed by atoms with E-state index in [2.05, 4.69) is 4.98 Å². The Morgan fingerprint density at radius 3 is 2.03 bits per heavy atom. The number of benzene rings is 2. The molecule has 0 aliphatic rings. The third kappa shape index (κ3) is 5.68. The number of rotatable bonds is 9. The van der Waals surface area contributed by atoms with E-state index >= 15 is 0 Å². The van der Waals surface area contributed by atoms with E-state index in [1.807, 2.05) is 54.6 Å². The van der Waals surface area contributed by atoms with Gasteiger partial charge < -0.3 is 18.9 Å². The maximum absolute atomic E-state index is 12.8. The number of hydrogen-bond donors (Lipinski definition) is 0. The van der Waals surface area contributed by atoms with Gasteiger partial charge in [-0.2, -0.15) is 0 Å². The van der Waals surface area contributed by atoms with Crippen LogP contribution in [-0.4, -0.2) is 38.3 Å². The highest BCUT2D eigenvalue weighted by atomic mass is 16.5. The molecule has 0 spiro atoms. The van der Waals surface area contributed by atoms with E-state index in [0.717, 1.165) is 16.9 Å². The molecule has 0 fully saturated rings. The van der Waals surface area contributed by atoms with Gasteiger partial charge in [-0.1, -0.05) is 42.5 Å². The number of aryl methyl sites for hydroxylation is 3. The van der Waals surface area contributed by atoms with Crippen LogP contribution in [0.5, 0.6) is 11.5 Å². The van der Waals surface area contributed by atoms with Crippen LogP contribution in [0.1, 0.15) is 43.2 Å². The van der Waals surface area contributed by atoms with Crippen molar-refractivity contribution in [3.63, 3.8) is 0 Å². The van der Waals surface area contributed by atoms with Crippen molar-refractivity contribution in [1.29, 1.82) is 0 Å². The van der Waals surface area contributed by atoms with Gasteiger partial charge in [-0.25, -0.2) is 9.59 Å².